The van der Waals surface area contributed by atoms with Crippen LogP contribution in [-0.4, -0.2) is 31.1 Å². The molecule has 0 saturated carbocycles. The highest BCUT2D eigenvalue weighted by molar-refractivity contribution is 5.83. The number of hydrogen-bond acceptors (Lipinski definition) is 2. The molecule has 2 nitrogen and oxygen atoms in total. The van der Waals surface area contributed by atoms with Crippen LogP contribution in [0.2, 0.25) is 0 Å². The zero-order valence-electron chi connectivity index (χ0n) is 12.1. The standard InChI is InChI=1S/C18H23NO/c1-2-8-17-15-18(10-9-16(17)7-1)20-14-6-5-13-19-11-3-4-12-19/h1-2,7-10,15H,3-6,11-14H2. The largest absolute Gasteiger partial charge is 0.494 e. The maximum absolute atomic E-state index is 5.86. The van der Waals surface area contributed by atoms with Crippen molar-refractivity contribution in [2.45, 2.75) is 25.7 Å². The maximum atomic E-state index is 5.86. The normalized spacial score (nSPS) is 15.8. The first-order valence-corrected chi connectivity index (χ1v) is 7.76. The van der Waals surface area contributed by atoms with E-state index in [-0.39, 0.29) is 0 Å². The Kier molecular flexibility index (Phi) is 4.54. The average molecular weight is 269 g/mol. The topological polar surface area (TPSA) is 12.5 Å². The van der Waals surface area contributed by atoms with Gasteiger partial charge in [0, 0.05) is 0 Å². The molecule has 0 atom stereocenters. The quantitative estimate of drug-likeness (QED) is 0.732. The summed E-state index contributed by atoms with van der Waals surface area (Å²) >= 11 is 0. The van der Waals surface area contributed by atoms with Crippen LogP contribution < -0.4 is 4.74 Å². The summed E-state index contributed by atoms with van der Waals surface area (Å²) in [7, 11) is 0. The molecule has 2 heteroatoms. The number of unbranched alkanes of at least 4 members (excludes halogenated alkanes) is 1. The molecule has 106 valence electrons. The Balaban J connectivity index is 1.42. The second-order valence-corrected chi connectivity index (χ2v) is 5.61. The van der Waals surface area contributed by atoms with Gasteiger partial charge in [-0.25, -0.2) is 0 Å². The Labute approximate surface area is 121 Å². The lowest BCUT2D eigenvalue weighted by Gasteiger charge is -2.14. The van der Waals surface area contributed by atoms with Crippen molar-refractivity contribution in [3.63, 3.8) is 0 Å². The van der Waals surface area contributed by atoms with Crippen LogP contribution >= 0.6 is 0 Å². The number of nitrogens with zero attached hydrogens (tertiary/aromatic N) is 1. The first kappa shape index (κ1) is 13.4. The van der Waals surface area contributed by atoms with E-state index in [0.29, 0.717) is 0 Å². The first-order chi connectivity index (χ1) is 9.92. The number of hydrogen-bond donors (Lipinski definition) is 0. The van der Waals surface area contributed by atoms with Crippen LogP contribution in [0.1, 0.15) is 25.7 Å². The summed E-state index contributed by atoms with van der Waals surface area (Å²) in [6.07, 6.45) is 5.15. The SMILES string of the molecule is c1ccc2cc(OCCCCN3CCCC3)ccc2c1. The molecule has 0 amide bonds. The predicted octanol–water partition coefficient (Wildman–Crippen LogP) is 4.09. The number of rotatable bonds is 6. The van der Waals surface area contributed by atoms with Gasteiger partial charge in [0.1, 0.15) is 5.75 Å². The summed E-state index contributed by atoms with van der Waals surface area (Å²) in [5, 5.41) is 2.52. The summed E-state index contributed by atoms with van der Waals surface area (Å²) in [5.74, 6) is 0.991. The molecule has 3 rings (SSSR count). The lowest BCUT2D eigenvalue weighted by Crippen LogP contribution is -2.20. The number of fused-ring (bicyclic) bond motifs is 1. The van der Waals surface area contributed by atoms with Crippen LogP contribution in [0, 0.1) is 0 Å². The first-order valence-electron chi connectivity index (χ1n) is 7.76. The van der Waals surface area contributed by atoms with Crippen molar-refractivity contribution in [3.05, 3.63) is 42.5 Å². The zero-order chi connectivity index (χ0) is 13.6. The Hall–Kier alpha value is -1.54. The third-order valence-corrected chi connectivity index (χ3v) is 4.06. The fourth-order valence-electron chi connectivity index (χ4n) is 2.89. The van der Waals surface area contributed by atoms with E-state index >= 15 is 0 Å². The zero-order valence-corrected chi connectivity index (χ0v) is 12.1. The Bertz CT molecular complexity index is 546. The smallest absolute Gasteiger partial charge is 0.119 e. The monoisotopic (exact) mass is 269 g/mol. The lowest BCUT2D eigenvalue weighted by molar-refractivity contribution is 0.280. The van der Waals surface area contributed by atoms with Crippen LogP contribution in [0.15, 0.2) is 42.5 Å². The third kappa shape index (κ3) is 3.51. The molecule has 0 unspecified atom stereocenters. The van der Waals surface area contributed by atoms with E-state index in [9.17, 15) is 0 Å². The average Bonchev–Trinajstić information content (AvgIpc) is 3.00. The minimum absolute atomic E-state index is 0.826. The molecule has 1 saturated heterocycles. The Morgan fingerprint density at radius 2 is 1.70 bits per heavy atom. The number of benzene rings is 2. The highest BCUT2D eigenvalue weighted by Crippen LogP contribution is 2.20. The van der Waals surface area contributed by atoms with Gasteiger partial charge in [-0.3, -0.25) is 0 Å². The van der Waals surface area contributed by atoms with Crippen molar-refractivity contribution in [2.75, 3.05) is 26.2 Å². The van der Waals surface area contributed by atoms with Crippen molar-refractivity contribution < 1.29 is 4.74 Å². The molecular formula is C18H23NO. The van der Waals surface area contributed by atoms with Gasteiger partial charge in [-0.15, -0.1) is 0 Å². The second kappa shape index (κ2) is 6.76. The fraction of sp³-hybridized carbons (Fsp3) is 0.444. The third-order valence-electron chi connectivity index (χ3n) is 4.06. The van der Waals surface area contributed by atoms with E-state index < -0.39 is 0 Å². The van der Waals surface area contributed by atoms with Gasteiger partial charge in [-0.1, -0.05) is 30.3 Å². The van der Waals surface area contributed by atoms with Gasteiger partial charge in [0.2, 0.25) is 0 Å². The molecule has 0 aliphatic carbocycles. The van der Waals surface area contributed by atoms with Crippen molar-refractivity contribution in [2.24, 2.45) is 0 Å². The van der Waals surface area contributed by atoms with Gasteiger partial charge >= 0.3 is 0 Å². The van der Waals surface area contributed by atoms with E-state index in [1.165, 1.54) is 49.7 Å². The summed E-state index contributed by atoms with van der Waals surface area (Å²) in [5.41, 5.74) is 0. The molecule has 2 aromatic rings. The van der Waals surface area contributed by atoms with Gasteiger partial charge in [-0.2, -0.15) is 0 Å². The van der Waals surface area contributed by atoms with Crippen molar-refractivity contribution >= 4 is 10.8 Å². The number of ether oxygens (including phenoxy) is 1. The molecule has 0 spiro atoms. The van der Waals surface area contributed by atoms with E-state index in [4.69, 9.17) is 4.74 Å². The minimum atomic E-state index is 0.826. The van der Waals surface area contributed by atoms with Crippen LogP contribution in [0.5, 0.6) is 5.75 Å². The highest BCUT2D eigenvalue weighted by Gasteiger charge is 2.09. The fourth-order valence-corrected chi connectivity index (χ4v) is 2.89. The molecule has 1 fully saturated rings. The van der Waals surface area contributed by atoms with Crippen LogP contribution in [0.4, 0.5) is 0 Å². The van der Waals surface area contributed by atoms with Crippen LogP contribution in [-0.2, 0) is 0 Å². The molecule has 0 bridgehead atoms. The molecule has 2 aromatic carbocycles. The van der Waals surface area contributed by atoms with Gasteiger partial charge < -0.3 is 9.64 Å². The lowest BCUT2D eigenvalue weighted by atomic mass is 10.1. The summed E-state index contributed by atoms with van der Waals surface area (Å²) in [6, 6.07) is 14.8. The minimum Gasteiger partial charge on any atom is -0.494 e. The summed E-state index contributed by atoms with van der Waals surface area (Å²) in [6.45, 7) is 4.66. The van der Waals surface area contributed by atoms with E-state index in [2.05, 4.69) is 47.4 Å². The molecule has 0 N–H and O–H groups in total. The number of likely N-dealkylation sites (tertiary alicyclic amines) is 1. The molecular weight excluding hydrogens is 246 g/mol. The Morgan fingerprint density at radius 1 is 0.900 bits per heavy atom. The molecule has 0 radical (unpaired) electrons. The molecule has 20 heavy (non-hydrogen) atoms. The van der Waals surface area contributed by atoms with Gasteiger partial charge in [0.15, 0.2) is 0 Å². The predicted molar refractivity (Wildman–Crippen MR) is 84.4 cm³/mol. The van der Waals surface area contributed by atoms with Gasteiger partial charge in [-0.05, 0) is 68.2 Å². The maximum Gasteiger partial charge on any atom is 0.119 e. The van der Waals surface area contributed by atoms with E-state index in [1.54, 1.807) is 0 Å². The summed E-state index contributed by atoms with van der Waals surface area (Å²) in [4.78, 5) is 2.57. The molecule has 0 aromatic heterocycles. The summed E-state index contributed by atoms with van der Waals surface area (Å²) < 4.78 is 5.86. The van der Waals surface area contributed by atoms with Crippen molar-refractivity contribution in [1.82, 2.24) is 4.90 Å². The van der Waals surface area contributed by atoms with Gasteiger partial charge in [0.05, 0.1) is 6.61 Å². The van der Waals surface area contributed by atoms with E-state index in [1.807, 2.05) is 0 Å². The molecule has 1 heterocycles. The van der Waals surface area contributed by atoms with Crippen LogP contribution in [0.25, 0.3) is 10.8 Å². The second-order valence-electron chi connectivity index (χ2n) is 5.61. The molecule has 1 aliphatic heterocycles. The van der Waals surface area contributed by atoms with Gasteiger partial charge in [0.25, 0.3) is 0 Å². The Morgan fingerprint density at radius 3 is 2.55 bits per heavy atom. The van der Waals surface area contributed by atoms with E-state index in [0.717, 1.165) is 18.8 Å². The van der Waals surface area contributed by atoms with Crippen molar-refractivity contribution in [1.29, 1.82) is 0 Å². The molecule has 1 aliphatic rings. The van der Waals surface area contributed by atoms with Crippen molar-refractivity contribution in [3.8, 4) is 5.75 Å². The van der Waals surface area contributed by atoms with Crippen LogP contribution in [0.3, 0.4) is 0 Å². The highest BCUT2D eigenvalue weighted by atomic mass is 16.5.